The van der Waals surface area contributed by atoms with Crippen molar-refractivity contribution in [3.05, 3.63) is 172 Å². The van der Waals surface area contributed by atoms with E-state index < -0.39 is 0 Å². The maximum atomic E-state index is 2.83. The van der Waals surface area contributed by atoms with Crippen molar-refractivity contribution in [1.82, 2.24) is 0 Å². The van der Waals surface area contributed by atoms with Crippen LogP contribution in [0.15, 0.2) is 127 Å². The number of hydrogen-bond acceptors (Lipinski definition) is 3. The number of hydrogen-bond donors (Lipinski definition) is 0. The molecule has 430 valence electrons. The molecule has 83 heavy (non-hydrogen) atoms. The lowest BCUT2D eigenvalue weighted by atomic mass is 9.33. The SMILES string of the molecule is CC1(C)CC2(C)c3cc(C(C)(C)C)ccc3N(c3ccc4c(c3)N(c3ccc(C(C)(C)C)cc3-c3ccccc3)c3cc(C(C)(C)C)cc5c3B4c3cc4c(cc3N5c3ccc5c(c3)C(C)(C)CCC5(C)C)C(C)(C)CCC4(C)C)C2(C)C1. The minimum atomic E-state index is -0.164. The van der Waals surface area contributed by atoms with Gasteiger partial charge in [-0.15, -0.1) is 0 Å². The quantitative estimate of drug-likeness (QED) is 0.163. The van der Waals surface area contributed by atoms with Crippen LogP contribution in [0.25, 0.3) is 11.1 Å². The van der Waals surface area contributed by atoms with Gasteiger partial charge in [0.2, 0.25) is 0 Å². The molecule has 3 heterocycles. The topological polar surface area (TPSA) is 9.72 Å². The number of fused-ring (bicyclic) bond motifs is 9. The van der Waals surface area contributed by atoms with Gasteiger partial charge in [-0.3, -0.25) is 0 Å². The van der Waals surface area contributed by atoms with Crippen LogP contribution in [-0.2, 0) is 43.3 Å². The molecule has 3 aliphatic heterocycles. The highest BCUT2D eigenvalue weighted by Crippen LogP contribution is 2.67. The van der Waals surface area contributed by atoms with Crippen LogP contribution in [0.4, 0.5) is 45.5 Å². The molecule has 4 heteroatoms. The van der Waals surface area contributed by atoms with Crippen LogP contribution in [0.1, 0.15) is 228 Å². The van der Waals surface area contributed by atoms with Gasteiger partial charge in [-0.05, 0) is 216 Å². The molecule has 2 atom stereocenters. The van der Waals surface area contributed by atoms with E-state index in [0.29, 0.717) is 0 Å². The molecular formula is C79H96BN3. The van der Waals surface area contributed by atoms with Gasteiger partial charge >= 0.3 is 0 Å². The molecule has 3 nitrogen and oxygen atoms in total. The van der Waals surface area contributed by atoms with Gasteiger partial charge in [-0.1, -0.05) is 205 Å². The van der Waals surface area contributed by atoms with E-state index in [4.69, 9.17) is 0 Å². The van der Waals surface area contributed by atoms with Crippen molar-refractivity contribution in [1.29, 1.82) is 0 Å². The molecule has 0 saturated heterocycles. The molecule has 0 aromatic heterocycles. The van der Waals surface area contributed by atoms with Crippen molar-refractivity contribution in [2.45, 2.75) is 233 Å². The Bertz CT molecular complexity index is 3840. The highest BCUT2D eigenvalue weighted by molar-refractivity contribution is 7.00. The third-order valence-corrected chi connectivity index (χ3v) is 22.5. The van der Waals surface area contributed by atoms with Crippen molar-refractivity contribution in [2.24, 2.45) is 5.41 Å². The summed E-state index contributed by atoms with van der Waals surface area (Å²) in [6.07, 6.45) is 6.93. The Morgan fingerprint density at radius 2 is 0.892 bits per heavy atom. The van der Waals surface area contributed by atoms with Gasteiger partial charge in [0, 0.05) is 50.8 Å². The van der Waals surface area contributed by atoms with Crippen molar-refractivity contribution < 1.29 is 0 Å². The Labute approximate surface area is 501 Å². The smallest absolute Gasteiger partial charge is 0.252 e. The first-order valence-corrected chi connectivity index (χ1v) is 31.9. The zero-order valence-electron chi connectivity index (χ0n) is 54.8. The van der Waals surface area contributed by atoms with Crippen molar-refractivity contribution >= 4 is 68.6 Å². The molecule has 13 rings (SSSR count). The molecule has 0 spiro atoms. The van der Waals surface area contributed by atoms with Gasteiger partial charge < -0.3 is 14.7 Å². The first-order valence-electron chi connectivity index (χ1n) is 31.9. The third-order valence-electron chi connectivity index (χ3n) is 22.5. The van der Waals surface area contributed by atoms with Crippen LogP contribution in [0.5, 0.6) is 0 Å². The number of benzene rings is 7. The molecule has 2 unspecified atom stereocenters. The molecule has 6 aliphatic rings. The van der Waals surface area contributed by atoms with Gasteiger partial charge in [-0.25, -0.2) is 0 Å². The van der Waals surface area contributed by atoms with Crippen LogP contribution in [0.3, 0.4) is 0 Å². The summed E-state index contributed by atoms with van der Waals surface area (Å²) in [5, 5.41) is 0. The summed E-state index contributed by atoms with van der Waals surface area (Å²) in [7, 11) is 0. The van der Waals surface area contributed by atoms with E-state index in [9.17, 15) is 0 Å². The van der Waals surface area contributed by atoms with Crippen molar-refractivity contribution in [3.63, 3.8) is 0 Å². The minimum Gasteiger partial charge on any atom is -0.334 e. The predicted molar refractivity (Wildman–Crippen MR) is 360 cm³/mol. The van der Waals surface area contributed by atoms with E-state index in [1.165, 1.54) is 130 Å². The van der Waals surface area contributed by atoms with Crippen molar-refractivity contribution in [3.8, 4) is 11.1 Å². The summed E-state index contributed by atoms with van der Waals surface area (Å²) >= 11 is 0. The molecular weight excluding hydrogens is 1000 g/mol. The second kappa shape index (κ2) is 17.6. The van der Waals surface area contributed by atoms with Crippen molar-refractivity contribution in [2.75, 3.05) is 14.7 Å². The Hall–Kier alpha value is -6.00. The molecule has 0 N–H and O–H groups in total. The fourth-order valence-electron chi connectivity index (χ4n) is 17.3. The van der Waals surface area contributed by atoms with Gasteiger partial charge in [0.1, 0.15) is 0 Å². The second-order valence-electron chi connectivity index (χ2n) is 34.0. The normalized spacial score (nSPS) is 23.0. The number of anilines is 8. The maximum absolute atomic E-state index is 2.83. The van der Waals surface area contributed by atoms with Crippen LogP contribution in [-0.4, -0.2) is 12.3 Å². The lowest BCUT2D eigenvalue weighted by Crippen LogP contribution is -2.62. The Morgan fingerprint density at radius 3 is 1.49 bits per heavy atom. The first-order chi connectivity index (χ1) is 38.5. The van der Waals surface area contributed by atoms with Gasteiger partial charge in [0.25, 0.3) is 6.71 Å². The molecule has 7 aromatic carbocycles. The van der Waals surface area contributed by atoms with Crippen LogP contribution >= 0.6 is 0 Å². The molecule has 0 radical (unpaired) electrons. The maximum Gasteiger partial charge on any atom is 0.252 e. The van der Waals surface area contributed by atoms with Gasteiger partial charge in [0.15, 0.2) is 0 Å². The summed E-state index contributed by atoms with van der Waals surface area (Å²) in [6, 6.07) is 52.3. The Kier molecular flexibility index (Phi) is 11.9. The highest BCUT2D eigenvalue weighted by atomic mass is 15.3. The lowest BCUT2D eigenvalue weighted by Gasteiger charge is -2.49. The van der Waals surface area contributed by atoms with Gasteiger partial charge in [-0.2, -0.15) is 0 Å². The van der Waals surface area contributed by atoms with E-state index in [2.05, 4.69) is 287 Å². The molecule has 7 aromatic rings. The number of rotatable bonds is 4. The average Bonchev–Trinajstić information content (AvgIpc) is 2.43. The van der Waals surface area contributed by atoms with E-state index in [1.807, 2.05) is 0 Å². The van der Waals surface area contributed by atoms with E-state index >= 15 is 0 Å². The first kappa shape index (κ1) is 56.2. The zero-order valence-corrected chi connectivity index (χ0v) is 54.8. The molecule has 1 saturated carbocycles. The van der Waals surface area contributed by atoms with Crippen LogP contribution in [0, 0.1) is 5.41 Å². The predicted octanol–water partition coefficient (Wildman–Crippen LogP) is 20.0. The summed E-state index contributed by atoms with van der Waals surface area (Å²) < 4.78 is 0. The fraction of sp³-hybridized carbons (Fsp3) is 0.468. The summed E-state index contributed by atoms with van der Waals surface area (Å²) in [6.45, 7) is 51.7. The zero-order chi connectivity index (χ0) is 59.5. The fourth-order valence-corrected chi connectivity index (χ4v) is 17.3. The third kappa shape index (κ3) is 8.37. The molecule has 3 aliphatic carbocycles. The minimum absolute atomic E-state index is 0.0191. The largest absolute Gasteiger partial charge is 0.334 e. The van der Waals surface area contributed by atoms with E-state index in [1.54, 1.807) is 0 Å². The second-order valence-corrected chi connectivity index (χ2v) is 34.0. The summed E-state index contributed by atoms with van der Waals surface area (Å²) in [5.74, 6) is 0. The molecule has 0 bridgehead atoms. The highest BCUT2D eigenvalue weighted by Gasteiger charge is 2.64. The summed E-state index contributed by atoms with van der Waals surface area (Å²) in [5.41, 5.74) is 28.6. The molecule has 0 amide bonds. The van der Waals surface area contributed by atoms with Crippen LogP contribution in [0.2, 0.25) is 0 Å². The van der Waals surface area contributed by atoms with Crippen LogP contribution < -0.4 is 31.1 Å². The Balaban J connectivity index is 1.17. The standard InChI is InChI=1S/C79H96BN3/c1-70(2,3)50-27-33-63(55(39-50)49-25-23-22-24-26-49)82-65-44-54(83-64-34-28-51(71(4,5)6)40-60(64)78(20)47-73(10,11)48-79(78,83)21)30-32-61(65)80-62-45-58-59(77(18,19)38-37-76(58,16)17)46-66(62)81(67-41-52(72(7,8)9)42-68(82)69(67)80)53-29-31-56-57(43-53)75(14,15)36-35-74(56,12)13/h22-34,39-46H,35-38,47-48H2,1-21H3. The monoisotopic (exact) mass is 1100 g/mol. The van der Waals surface area contributed by atoms with E-state index in [-0.39, 0.29) is 61.0 Å². The Morgan fingerprint density at radius 1 is 0.373 bits per heavy atom. The number of nitrogens with zero attached hydrogens (tertiary/aromatic N) is 3. The summed E-state index contributed by atoms with van der Waals surface area (Å²) in [4.78, 5) is 8.33. The average molecular weight is 1100 g/mol. The van der Waals surface area contributed by atoms with Gasteiger partial charge in [0.05, 0.1) is 11.2 Å². The lowest BCUT2D eigenvalue weighted by molar-refractivity contribution is 0.330. The molecule has 1 fully saturated rings. The van der Waals surface area contributed by atoms with E-state index in [0.717, 1.165) is 25.7 Å².